The molecule has 9 rings (SSSR count). The van der Waals surface area contributed by atoms with E-state index in [0.717, 1.165) is 61.5 Å². The highest BCUT2D eigenvalue weighted by Gasteiger charge is 2.14. The lowest BCUT2D eigenvalue weighted by atomic mass is 9.99. The van der Waals surface area contributed by atoms with Gasteiger partial charge in [-0.1, -0.05) is 188 Å². The molecule has 254 valence electrons. The van der Waals surface area contributed by atoms with Crippen molar-refractivity contribution in [2.75, 3.05) is 0 Å². The molecule has 2 aromatic heterocycles. The van der Waals surface area contributed by atoms with E-state index in [4.69, 9.17) is 24.9 Å². The maximum atomic E-state index is 5.04. The maximum absolute atomic E-state index is 5.04. The Morgan fingerprint density at radius 1 is 0.185 bits per heavy atom. The average molecular weight is 692 g/mol. The first-order valence-corrected chi connectivity index (χ1v) is 17.9. The van der Waals surface area contributed by atoms with Crippen LogP contribution in [-0.4, -0.2) is 24.9 Å². The molecule has 0 saturated heterocycles. The number of hydrogen-bond acceptors (Lipinski definition) is 5. The molecule has 0 saturated carbocycles. The maximum Gasteiger partial charge on any atom is 0.164 e. The van der Waals surface area contributed by atoms with Gasteiger partial charge in [-0.3, -0.25) is 0 Å². The van der Waals surface area contributed by atoms with E-state index in [1.165, 1.54) is 5.56 Å². The van der Waals surface area contributed by atoms with Crippen molar-refractivity contribution in [3.63, 3.8) is 0 Å². The van der Waals surface area contributed by atoms with Gasteiger partial charge in [0, 0.05) is 33.4 Å². The Labute approximate surface area is 314 Å². The molecule has 0 radical (unpaired) electrons. The topological polar surface area (TPSA) is 64.5 Å². The fourth-order valence-corrected chi connectivity index (χ4v) is 6.53. The predicted octanol–water partition coefficient (Wildman–Crippen LogP) is 12.0. The van der Waals surface area contributed by atoms with Crippen LogP contribution in [0.1, 0.15) is 0 Å². The van der Waals surface area contributed by atoms with E-state index in [-0.39, 0.29) is 0 Å². The number of benzene rings is 7. The molecule has 0 N–H and O–H groups in total. The molecule has 54 heavy (non-hydrogen) atoms. The summed E-state index contributed by atoms with van der Waals surface area (Å²) in [4.78, 5) is 24.9. The van der Waals surface area contributed by atoms with Crippen LogP contribution in [0.15, 0.2) is 200 Å². The quantitative estimate of drug-likeness (QED) is 0.159. The van der Waals surface area contributed by atoms with Crippen molar-refractivity contribution in [1.82, 2.24) is 24.9 Å². The minimum absolute atomic E-state index is 0.620. The molecule has 5 nitrogen and oxygen atoms in total. The van der Waals surface area contributed by atoms with Crippen LogP contribution in [0.2, 0.25) is 0 Å². The summed E-state index contributed by atoms with van der Waals surface area (Å²) in [7, 11) is 0. The number of hydrogen-bond donors (Lipinski definition) is 0. The Morgan fingerprint density at radius 2 is 0.481 bits per heavy atom. The minimum Gasteiger partial charge on any atom is -0.228 e. The smallest absolute Gasteiger partial charge is 0.164 e. The van der Waals surface area contributed by atoms with Gasteiger partial charge in [0.15, 0.2) is 23.3 Å². The second kappa shape index (κ2) is 14.7. The van der Waals surface area contributed by atoms with Gasteiger partial charge >= 0.3 is 0 Å². The Hall–Kier alpha value is -7.37. The van der Waals surface area contributed by atoms with Gasteiger partial charge in [0.2, 0.25) is 0 Å². The molecule has 0 spiro atoms. The van der Waals surface area contributed by atoms with Gasteiger partial charge in [0.1, 0.15) is 0 Å². The standard InChI is InChI=1S/C49H33N5/c1-5-14-34(15-6-1)35-24-28-40(29-25-35)48-52-47(39-20-11-4-12-21-39)53-49(54-48)41-30-26-36(27-31-41)42-22-13-23-43(32-42)45-33-44(37-16-7-2-8-17-37)50-46(51-45)38-18-9-3-10-19-38/h1-33H. The van der Waals surface area contributed by atoms with Gasteiger partial charge in [0.25, 0.3) is 0 Å². The average Bonchev–Trinajstić information content (AvgIpc) is 3.27. The summed E-state index contributed by atoms with van der Waals surface area (Å²) in [5.41, 5.74) is 12.0. The predicted molar refractivity (Wildman–Crippen MR) is 219 cm³/mol. The van der Waals surface area contributed by atoms with Crippen molar-refractivity contribution in [2.45, 2.75) is 0 Å². The summed E-state index contributed by atoms with van der Waals surface area (Å²) in [6, 6.07) is 68.2. The second-order valence-electron chi connectivity index (χ2n) is 13.0. The molecule has 0 fully saturated rings. The third-order valence-corrected chi connectivity index (χ3v) is 9.38. The van der Waals surface area contributed by atoms with Crippen LogP contribution >= 0.6 is 0 Å². The van der Waals surface area contributed by atoms with Crippen LogP contribution in [-0.2, 0) is 0 Å². The van der Waals surface area contributed by atoms with Gasteiger partial charge in [0.05, 0.1) is 11.4 Å². The molecule has 0 unspecified atom stereocenters. The third kappa shape index (κ3) is 6.94. The monoisotopic (exact) mass is 691 g/mol. The summed E-state index contributed by atoms with van der Waals surface area (Å²) < 4.78 is 0. The van der Waals surface area contributed by atoms with E-state index in [1.54, 1.807) is 0 Å². The summed E-state index contributed by atoms with van der Waals surface area (Å²) in [6.07, 6.45) is 0. The van der Waals surface area contributed by atoms with E-state index in [1.807, 2.05) is 84.9 Å². The Balaban J connectivity index is 1.06. The highest BCUT2D eigenvalue weighted by atomic mass is 15.0. The molecular formula is C49H33N5. The van der Waals surface area contributed by atoms with Gasteiger partial charge in [-0.05, 0) is 34.4 Å². The fraction of sp³-hybridized carbons (Fsp3) is 0. The first kappa shape index (κ1) is 32.5. The van der Waals surface area contributed by atoms with Crippen molar-refractivity contribution in [2.24, 2.45) is 0 Å². The van der Waals surface area contributed by atoms with Crippen molar-refractivity contribution in [3.8, 4) is 90.3 Å². The molecule has 0 amide bonds. The van der Waals surface area contributed by atoms with Gasteiger partial charge in [-0.25, -0.2) is 24.9 Å². The molecule has 0 aliphatic heterocycles. The molecule has 7 aromatic carbocycles. The summed E-state index contributed by atoms with van der Waals surface area (Å²) in [5, 5.41) is 0. The zero-order valence-corrected chi connectivity index (χ0v) is 29.3. The van der Waals surface area contributed by atoms with Crippen LogP contribution < -0.4 is 0 Å². The van der Waals surface area contributed by atoms with Crippen molar-refractivity contribution in [1.29, 1.82) is 0 Å². The normalized spacial score (nSPS) is 11.0. The van der Waals surface area contributed by atoms with Crippen LogP contribution in [0, 0.1) is 0 Å². The molecule has 0 aliphatic carbocycles. The molecule has 9 aromatic rings. The molecule has 5 heteroatoms. The zero-order chi connectivity index (χ0) is 36.1. The summed E-state index contributed by atoms with van der Waals surface area (Å²) in [6.45, 7) is 0. The Morgan fingerprint density at radius 3 is 0.963 bits per heavy atom. The molecule has 0 bridgehead atoms. The van der Waals surface area contributed by atoms with Crippen LogP contribution in [0.5, 0.6) is 0 Å². The number of rotatable bonds is 8. The Bertz CT molecular complexity index is 2610. The highest BCUT2D eigenvalue weighted by Crippen LogP contribution is 2.32. The van der Waals surface area contributed by atoms with Gasteiger partial charge in [-0.2, -0.15) is 0 Å². The summed E-state index contributed by atoms with van der Waals surface area (Å²) in [5.74, 6) is 2.58. The molecule has 2 heterocycles. The first-order chi connectivity index (χ1) is 26.7. The van der Waals surface area contributed by atoms with E-state index >= 15 is 0 Å². The van der Waals surface area contributed by atoms with Crippen molar-refractivity contribution in [3.05, 3.63) is 200 Å². The largest absolute Gasteiger partial charge is 0.228 e. The highest BCUT2D eigenvalue weighted by molar-refractivity contribution is 5.77. The lowest BCUT2D eigenvalue weighted by Gasteiger charge is -2.11. The van der Waals surface area contributed by atoms with Crippen molar-refractivity contribution < 1.29 is 0 Å². The number of aromatic nitrogens is 5. The first-order valence-electron chi connectivity index (χ1n) is 17.9. The van der Waals surface area contributed by atoms with E-state index in [2.05, 4.69) is 115 Å². The fourth-order valence-electron chi connectivity index (χ4n) is 6.53. The van der Waals surface area contributed by atoms with E-state index in [9.17, 15) is 0 Å². The van der Waals surface area contributed by atoms with E-state index < -0.39 is 0 Å². The molecule has 0 atom stereocenters. The van der Waals surface area contributed by atoms with Crippen LogP contribution in [0.4, 0.5) is 0 Å². The van der Waals surface area contributed by atoms with Crippen LogP contribution in [0.3, 0.4) is 0 Å². The minimum atomic E-state index is 0.620. The lowest BCUT2D eigenvalue weighted by molar-refractivity contribution is 1.07. The SMILES string of the molecule is c1ccc(-c2ccc(-c3nc(-c4ccccc4)nc(-c4ccc(-c5cccc(-c6cc(-c7ccccc7)nc(-c7ccccc7)n6)c5)cc4)n3)cc2)cc1. The lowest BCUT2D eigenvalue weighted by Crippen LogP contribution is -2.00. The van der Waals surface area contributed by atoms with Crippen molar-refractivity contribution >= 4 is 0 Å². The zero-order valence-electron chi connectivity index (χ0n) is 29.3. The second-order valence-corrected chi connectivity index (χ2v) is 13.0. The molecule has 0 aliphatic rings. The van der Waals surface area contributed by atoms with Gasteiger partial charge < -0.3 is 0 Å². The Kier molecular flexibility index (Phi) is 8.86. The third-order valence-electron chi connectivity index (χ3n) is 9.38. The van der Waals surface area contributed by atoms with Gasteiger partial charge in [-0.15, -0.1) is 0 Å². The number of nitrogens with zero attached hydrogens (tertiary/aromatic N) is 5. The van der Waals surface area contributed by atoms with E-state index in [0.29, 0.717) is 23.3 Å². The molecular weight excluding hydrogens is 659 g/mol. The summed E-state index contributed by atoms with van der Waals surface area (Å²) >= 11 is 0. The van der Waals surface area contributed by atoms with Crippen LogP contribution in [0.25, 0.3) is 90.3 Å².